The van der Waals surface area contributed by atoms with Crippen molar-refractivity contribution in [3.63, 3.8) is 0 Å². The molecule has 122 valence electrons. The monoisotopic (exact) mass is 339 g/mol. The quantitative estimate of drug-likeness (QED) is 0.861. The van der Waals surface area contributed by atoms with Crippen molar-refractivity contribution in [2.24, 2.45) is 0 Å². The van der Waals surface area contributed by atoms with Crippen LogP contribution in [0.25, 0.3) is 11.1 Å². The van der Waals surface area contributed by atoms with Crippen LogP contribution >= 0.6 is 11.6 Å². The lowest BCUT2D eigenvalue weighted by Gasteiger charge is -2.29. The van der Waals surface area contributed by atoms with Gasteiger partial charge in [0.25, 0.3) is 0 Å². The molecule has 3 atom stereocenters. The van der Waals surface area contributed by atoms with Gasteiger partial charge in [0, 0.05) is 18.2 Å². The number of hydrogen-bond acceptors (Lipinski definition) is 4. The zero-order valence-electron chi connectivity index (χ0n) is 13.2. The predicted octanol–water partition coefficient (Wildman–Crippen LogP) is 3.94. The molecule has 2 aliphatic heterocycles. The highest BCUT2D eigenvalue weighted by Gasteiger charge is 2.34. The molecule has 1 N–H and O–H groups in total. The third kappa shape index (κ3) is 3.24. The Morgan fingerprint density at radius 3 is 2.46 bits per heavy atom. The molecule has 2 saturated heterocycles. The SMILES string of the molecule is N#Cc1ccc(-c2cc(Cl)nc(O[C@@H]3C[C@H]4CC[C@@H](C3)N4)c2)cc1. The van der Waals surface area contributed by atoms with Crippen molar-refractivity contribution in [2.45, 2.75) is 43.9 Å². The molecule has 4 rings (SSSR count). The van der Waals surface area contributed by atoms with E-state index in [1.165, 1.54) is 12.8 Å². The van der Waals surface area contributed by atoms with Gasteiger partial charge in [0.15, 0.2) is 0 Å². The van der Waals surface area contributed by atoms with Gasteiger partial charge in [-0.3, -0.25) is 0 Å². The minimum absolute atomic E-state index is 0.198. The number of nitrogens with zero attached hydrogens (tertiary/aromatic N) is 2. The predicted molar refractivity (Wildman–Crippen MR) is 93.0 cm³/mol. The molecule has 5 heteroatoms. The molecule has 0 radical (unpaired) electrons. The van der Waals surface area contributed by atoms with E-state index >= 15 is 0 Å². The lowest BCUT2D eigenvalue weighted by atomic mass is 10.0. The van der Waals surface area contributed by atoms with Crippen molar-refractivity contribution < 1.29 is 4.74 Å². The number of nitrogens with one attached hydrogen (secondary N) is 1. The number of aromatic nitrogens is 1. The van der Waals surface area contributed by atoms with Crippen molar-refractivity contribution in [1.82, 2.24) is 10.3 Å². The molecule has 3 heterocycles. The summed E-state index contributed by atoms with van der Waals surface area (Å²) in [4.78, 5) is 4.33. The van der Waals surface area contributed by atoms with Crippen molar-refractivity contribution in [3.8, 4) is 23.1 Å². The van der Waals surface area contributed by atoms with Gasteiger partial charge in [-0.1, -0.05) is 23.7 Å². The average Bonchev–Trinajstić information content (AvgIpc) is 2.93. The van der Waals surface area contributed by atoms with Gasteiger partial charge in [0.2, 0.25) is 5.88 Å². The Bertz CT molecular complexity index is 772. The fraction of sp³-hybridized carbons (Fsp3) is 0.368. The summed E-state index contributed by atoms with van der Waals surface area (Å²) < 4.78 is 6.14. The minimum Gasteiger partial charge on any atom is -0.474 e. The van der Waals surface area contributed by atoms with Crippen LogP contribution in [0.2, 0.25) is 5.15 Å². The maximum atomic E-state index is 8.91. The molecule has 0 spiro atoms. The zero-order chi connectivity index (χ0) is 16.5. The van der Waals surface area contributed by atoms with Crippen LogP contribution in [0.15, 0.2) is 36.4 Å². The van der Waals surface area contributed by atoms with Crippen LogP contribution in [0.3, 0.4) is 0 Å². The van der Waals surface area contributed by atoms with Gasteiger partial charge in [0.05, 0.1) is 11.6 Å². The summed E-state index contributed by atoms with van der Waals surface area (Å²) in [7, 11) is 0. The number of piperidine rings is 1. The van der Waals surface area contributed by atoms with Crippen LogP contribution in [0.5, 0.6) is 5.88 Å². The summed E-state index contributed by atoms with van der Waals surface area (Å²) >= 11 is 6.19. The van der Waals surface area contributed by atoms with E-state index in [2.05, 4.69) is 16.4 Å². The molecule has 1 aromatic carbocycles. The lowest BCUT2D eigenvalue weighted by molar-refractivity contribution is 0.132. The molecular formula is C19H18ClN3O. The Morgan fingerprint density at radius 2 is 1.79 bits per heavy atom. The molecule has 2 fully saturated rings. The summed E-state index contributed by atoms with van der Waals surface area (Å²) in [6, 6.07) is 14.5. The van der Waals surface area contributed by atoms with Gasteiger partial charge in [-0.25, -0.2) is 4.98 Å². The first kappa shape index (κ1) is 15.4. The first-order valence-electron chi connectivity index (χ1n) is 8.30. The van der Waals surface area contributed by atoms with E-state index in [0.717, 1.165) is 24.0 Å². The molecule has 2 aliphatic rings. The zero-order valence-corrected chi connectivity index (χ0v) is 14.0. The summed E-state index contributed by atoms with van der Waals surface area (Å²) in [5.41, 5.74) is 2.58. The normalized spacial score (nSPS) is 25.2. The fourth-order valence-electron chi connectivity index (χ4n) is 3.71. The molecule has 2 bridgehead atoms. The standard InChI is InChI=1S/C19H18ClN3O/c20-18-7-14(13-3-1-12(11-21)2-4-13)8-19(23-18)24-17-9-15-5-6-16(10-17)22-15/h1-4,7-8,15-17,22H,5-6,9-10H2/t15-,16+,17-. The topological polar surface area (TPSA) is 57.9 Å². The summed E-state index contributed by atoms with van der Waals surface area (Å²) in [6.45, 7) is 0. The smallest absolute Gasteiger partial charge is 0.215 e. The maximum absolute atomic E-state index is 8.91. The second-order valence-electron chi connectivity index (χ2n) is 6.56. The number of benzene rings is 1. The third-order valence-electron chi connectivity index (χ3n) is 4.84. The Morgan fingerprint density at radius 1 is 1.08 bits per heavy atom. The van der Waals surface area contributed by atoms with Gasteiger partial charge in [-0.2, -0.15) is 5.26 Å². The highest BCUT2D eigenvalue weighted by Crippen LogP contribution is 2.31. The second-order valence-corrected chi connectivity index (χ2v) is 6.94. The van der Waals surface area contributed by atoms with E-state index in [4.69, 9.17) is 21.6 Å². The molecule has 2 aromatic rings. The van der Waals surface area contributed by atoms with E-state index in [0.29, 0.717) is 28.7 Å². The number of pyridine rings is 1. The molecule has 0 unspecified atom stereocenters. The molecule has 1 aromatic heterocycles. The number of nitriles is 1. The van der Waals surface area contributed by atoms with Crippen LogP contribution in [0.1, 0.15) is 31.2 Å². The Labute approximate surface area is 146 Å². The van der Waals surface area contributed by atoms with Crippen LogP contribution in [0.4, 0.5) is 0 Å². The number of ether oxygens (including phenoxy) is 1. The number of halogens is 1. The van der Waals surface area contributed by atoms with E-state index in [-0.39, 0.29) is 6.10 Å². The molecule has 0 amide bonds. The first-order chi connectivity index (χ1) is 11.7. The Hall–Kier alpha value is -2.09. The molecule has 0 aliphatic carbocycles. The van der Waals surface area contributed by atoms with Crippen molar-refractivity contribution >= 4 is 11.6 Å². The van der Waals surface area contributed by atoms with Gasteiger partial charge in [-0.05, 0) is 55.0 Å². The van der Waals surface area contributed by atoms with Crippen LogP contribution < -0.4 is 10.1 Å². The van der Waals surface area contributed by atoms with Gasteiger partial charge < -0.3 is 10.1 Å². The lowest BCUT2D eigenvalue weighted by Crippen LogP contribution is -2.42. The summed E-state index contributed by atoms with van der Waals surface area (Å²) in [5.74, 6) is 0.577. The Balaban J connectivity index is 1.55. The fourth-order valence-corrected chi connectivity index (χ4v) is 3.91. The van der Waals surface area contributed by atoms with Gasteiger partial charge in [-0.15, -0.1) is 0 Å². The Kier molecular flexibility index (Phi) is 4.13. The number of rotatable bonds is 3. The largest absolute Gasteiger partial charge is 0.474 e. The van der Waals surface area contributed by atoms with Crippen molar-refractivity contribution in [2.75, 3.05) is 0 Å². The molecule has 24 heavy (non-hydrogen) atoms. The third-order valence-corrected chi connectivity index (χ3v) is 5.03. The highest BCUT2D eigenvalue weighted by atomic mass is 35.5. The van der Waals surface area contributed by atoms with Crippen LogP contribution in [-0.2, 0) is 0 Å². The van der Waals surface area contributed by atoms with Gasteiger partial charge in [0.1, 0.15) is 11.3 Å². The molecular weight excluding hydrogens is 322 g/mol. The van der Waals surface area contributed by atoms with Crippen molar-refractivity contribution in [1.29, 1.82) is 5.26 Å². The van der Waals surface area contributed by atoms with E-state index < -0.39 is 0 Å². The van der Waals surface area contributed by atoms with Crippen LogP contribution in [0, 0.1) is 11.3 Å². The van der Waals surface area contributed by atoms with E-state index in [1.54, 1.807) is 12.1 Å². The molecule has 4 nitrogen and oxygen atoms in total. The van der Waals surface area contributed by atoms with Crippen LogP contribution in [-0.4, -0.2) is 23.2 Å². The second kappa shape index (κ2) is 6.43. The highest BCUT2D eigenvalue weighted by molar-refractivity contribution is 6.29. The first-order valence-corrected chi connectivity index (χ1v) is 8.68. The summed E-state index contributed by atoms with van der Waals surface area (Å²) in [5, 5.41) is 12.9. The number of fused-ring (bicyclic) bond motifs is 2. The van der Waals surface area contributed by atoms with E-state index in [1.807, 2.05) is 24.3 Å². The van der Waals surface area contributed by atoms with E-state index in [9.17, 15) is 0 Å². The minimum atomic E-state index is 0.198. The van der Waals surface area contributed by atoms with Gasteiger partial charge >= 0.3 is 0 Å². The van der Waals surface area contributed by atoms with Crippen molar-refractivity contribution in [3.05, 3.63) is 47.1 Å². The number of hydrogen-bond donors (Lipinski definition) is 1. The maximum Gasteiger partial charge on any atom is 0.215 e. The summed E-state index contributed by atoms with van der Waals surface area (Å²) in [6.07, 6.45) is 4.73. The average molecular weight is 340 g/mol. The molecule has 0 saturated carbocycles.